The molecule has 0 unspecified atom stereocenters. The number of nitrogens with zero attached hydrogens (tertiary/aromatic N) is 1. The fraction of sp³-hybridized carbons (Fsp3) is 0.423. The van der Waals surface area contributed by atoms with Gasteiger partial charge in [-0.3, -0.25) is 9.59 Å². The molecular weight excluding hydrogens is 498 g/mol. The Bertz CT molecular complexity index is 978. The van der Waals surface area contributed by atoms with E-state index in [0.717, 1.165) is 34.2 Å². The molecule has 0 bridgehead atoms. The minimum atomic E-state index is -0.716. The number of amides is 2. The van der Waals surface area contributed by atoms with Gasteiger partial charge in [-0.05, 0) is 77.0 Å². The molecule has 0 saturated carbocycles. The molecule has 0 aliphatic carbocycles. The summed E-state index contributed by atoms with van der Waals surface area (Å²) in [6.07, 6.45) is 4.09. The van der Waals surface area contributed by atoms with E-state index in [1.165, 1.54) is 0 Å². The summed E-state index contributed by atoms with van der Waals surface area (Å²) in [5, 5.41) is 6.81. The van der Waals surface area contributed by atoms with Gasteiger partial charge in [-0.15, -0.1) is 0 Å². The van der Waals surface area contributed by atoms with E-state index in [2.05, 4.69) is 38.7 Å². The van der Waals surface area contributed by atoms with Gasteiger partial charge in [0, 0.05) is 0 Å². The van der Waals surface area contributed by atoms with Gasteiger partial charge in [-0.25, -0.2) is 5.43 Å². The number of halogens is 1. The molecule has 2 aromatic rings. The Hall–Kier alpha value is -2.87. The van der Waals surface area contributed by atoms with Crippen molar-refractivity contribution in [2.24, 2.45) is 11.0 Å². The second-order valence-corrected chi connectivity index (χ2v) is 9.28. The molecule has 0 saturated heterocycles. The number of carbonyl (C=O) groups is 2. The molecule has 0 aromatic heterocycles. The second-order valence-electron chi connectivity index (χ2n) is 8.43. The number of ether oxygens (including phenoxy) is 2. The molecule has 0 aliphatic heterocycles. The third-order valence-electron chi connectivity index (χ3n) is 4.91. The van der Waals surface area contributed by atoms with E-state index in [1.54, 1.807) is 12.3 Å². The van der Waals surface area contributed by atoms with Crippen LogP contribution in [0.3, 0.4) is 0 Å². The largest absolute Gasteiger partial charge is 0.492 e. The fourth-order valence-corrected chi connectivity index (χ4v) is 3.60. The summed E-state index contributed by atoms with van der Waals surface area (Å²) in [6, 6.07) is 12.3. The van der Waals surface area contributed by atoms with E-state index in [1.807, 2.05) is 57.2 Å². The van der Waals surface area contributed by atoms with Crippen LogP contribution in [0.2, 0.25) is 0 Å². The molecule has 1 atom stereocenters. The minimum Gasteiger partial charge on any atom is -0.492 e. The Balaban J connectivity index is 1.91. The van der Waals surface area contributed by atoms with Crippen molar-refractivity contribution in [2.45, 2.75) is 53.0 Å². The summed E-state index contributed by atoms with van der Waals surface area (Å²) in [6.45, 7) is 8.49. The van der Waals surface area contributed by atoms with Crippen molar-refractivity contribution in [1.82, 2.24) is 10.7 Å². The van der Waals surface area contributed by atoms with Crippen molar-refractivity contribution in [1.29, 1.82) is 0 Å². The van der Waals surface area contributed by atoms with Gasteiger partial charge in [0.05, 0.1) is 17.3 Å². The third kappa shape index (κ3) is 9.55. The van der Waals surface area contributed by atoms with E-state index in [0.29, 0.717) is 18.8 Å². The molecule has 7 nitrogen and oxygen atoms in total. The molecule has 8 heteroatoms. The molecule has 2 N–H and O–H groups in total. The normalized spacial score (nSPS) is 11.9. The number of carbonyl (C=O) groups excluding carboxylic acids is 2. The summed E-state index contributed by atoms with van der Waals surface area (Å²) >= 11 is 3.50. The lowest BCUT2D eigenvalue weighted by molar-refractivity contribution is -0.130. The topological polar surface area (TPSA) is 89.0 Å². The van der Waals surface area contributed by atoms with Crippen LogP contribution >= 0.6 is 15.9 Å². The molecule has 0 heterocycles. The molecule has 0 radical (unpaired) electrons. The molecule has 0 fully saturated rings. The first-order valence-corrected chi connectivity index (χ1v) is 12.3. The van der Waals surface area contributed by atoms with Gasteiger partial charge in [-0.2, -0.15) is 5.10 Å². The SMILES string of the molecule is CCCCOc1ccc(/C=N\NC(=O)[C@@H](CC(C)C)NC(=O)COc2ccccc2C)cc1Br. The van der Waals surface area contributed by atoms with Gasteiger partial charge in [0.15, 0.2) is 6.61 Å². The highest BCUT2D eigenvalue weighted by Crippen LogP contribution is 2.25. The van der Waals surface area contributed by atoms with E-state index in [9.17, 15) is 9.59 Å². The molecule has 0 spiro atoms. The monoisotopic (exact) mass is 531 g/mol. The molecule has 2 rings (SSSR count). The summed E-state index contributed by atoms with van der Waals surface area (Å²) in [5.74, 6) is 0.860. The summed E-state index contributed by atoms with van der Waals surface area (Å²) < 4.78 is 12.1. The van der Waals surface area contributed by atoms with Crippen LogP contribution < -0.4 is 20.2 Å². The van der Waals surface area contributed by atoms with Crippen molar-refractivity contribution in [3.05, 3.63) is 58.1 Å². The van der Waals surface area contributed by atoms with Crippen LogP contribution in [-0.4, -0.2) is 37.3 Å². The number of hydrogen-bond donors (Lipinski definition) is 2. The van der Waals surface area contributed by atoms with Crippen LogP contribution in [0, 0.1) is 12.8 Å². The highest BCUT2D eigenvalue weighted by atomic mass is 79.9. The number of rotatable bonds is 13. The Labute approximate surface area is 210 Å². The first kappa shape index (κ1) is 27.4. The standard InChI is InChI=1S/C26H34BrN3O4/c1-5-6-13-33-24-12-11-20(15-21(24)27)16-28-30-26(32)22(14-18(2)3)29-25(31)17-34-23-10-8-7-9-19(23)4/h7-12,15-16,18,22H,5-6,13-14,17H2,1-4H3,(H,29,31)(H,30,32)/b28-16-/t22-/m1/s1. The Morgan fingerprint density at radius 3 is 2.56 bits per heavy atom. The lowest BCUT2D eigenvalue weighted by Gasteiger charge is -2.19. The first-order chi connectivity index (χ1) is 16.3. The fourth-order valence-electron chi connectivity index (χ4n) is 3.09. The van der Waals surface area contributed by atoms with E-state index in [-0.39, 0.29) is 24.3 Å². The Morgan fingerprint density at radius 1 is 1.12 bits per heavy atom. The van der Waals surface area contributed by atoms with Crippen LogP contribution in [0.25, 0.3) is 0 Å². The minimum absolute atomic E-state index is 0.170. The van der Waals surface area contributed by atoms with Gasteiger partial charge >= 0.3 is 0 Å². The van der Waals surface area contributed by atoms with Crippen LogP contribution in [0.1, 0.15) is 51.2 Å². The predicted molar refractivity (Wildman–Crippen MR) is 138 cm³/mol. The summed E-state index contributed by atoms with van der Waals surface area (Å²) in [4.78, 5) is 25.1. The van der Waals surface area contributed by atoms with Crippen LogP contribution in [0.4, 0.5) is 0 Å². The molecule has 34 heavy (non-hydrogen) atoms. The molecular formula is C26H34BrN3O4. The second kappa shape index (κ2) is 14.4. The third-order valence-corrected chi connectivity index (χ3v) is 5.53. The van der Waals surface area contributed by atoms with Gasteiger partial charge in [0.2, 0.25) is 0 Å². The number of hydrogen-bond acceptors (Lipinski definition) is 5. The lowest BCUT2D eigenvalue weighted by Crippen LogP contribution is -2.47. The summed E-state index contributed by atoms with van der Waals surface area (Å²) in [7, 11) is 0. The maximum absolute atomic E-state index is 12.7. The van der Waals surface area contributed by atoms with Crippen molar-refractivity contribution < 1.29 is 19.1 Å². The van der Waals surface area contributed by atoms with E-state index < -0.39 is 6.04 Å². The van der Waals surface area contributed by atoms with Crippen molar-refractivity contribution in [3.8, 4) is 11.5 Å². The average Bonchev–Trinajstić information content (AvgIpc) is 2.79. The number of benzene rings is 2. The van der Waals surface area contributed by atoms with Gasteiger partial charge < -0.3 is 14.8 Å². The van der Waals surface area contributed by atoms with E-state index in [4.69, 9.17) is 9.47 Å². The predicted octanol–water partition coefficient (Wildman–Crippen LogP) is 5.00. The number of nitrogens with one attached hydrogen (secondary N) is 2. The number of hydrazone groups is 1. The molecule has 0 aliphatic rings. The molecule has 2 aromatic carbocycles. The average molecular weight is 532 g/mol. The lowest BCUT2D eigenvalue weighted by atomic mass is 10.0. The molecule has 2 amide bonds. The maximum Gasteiger partial charge on any atom is 0.262 e. The highest BCUT2D eigenvalue weighted by molar-refractivity contribution is 9.10. The zero-order valence-corrected chi connectivity index (χ0v) is 21.9. The van der Waals surface area contributed by atoms with Crippen LogP contribution in [-0.2, 0) is 9.59 Å². The van der Waals surface area contributed by atoms with Crippen LogP contribution in [0.15, 0.2) is 52.0 Å². The zero-order valence-electron chi connectivity index (χ0n) is 20.3. The Morgan fingerprint density at radius 2 is 1.88 bits per heavy atom. The van der Waals surface area contributed by atoms with Gasteiger partial charge in [0.1, 0.15) is 17.5 Å². The quantitative estimate of drug-likeness (QED) is 0.216. The van der Waals surface area contributed by atoms with E-state index >= 15 is 0 Å². The number of para-hydroxylation sites is 1. The smallest absolute Gasteiger partial charge is 0.262 e. The maximum atomic E-state index is 12.7. The number of aryl methyl sites for hydroxylation is 1. The zero-order chi connectivity index (χ0) is 24.9. The Kier molecular flexibility index (Phi) is 11.6. The number of unbranched alkanes of at least 4 members (excludes halogenated alkanes) is 1. The highest BCUT2D eigenvalue weighted by Gasteiger charge is 2.22. The summed E-state index contributed by atoms with van der Waals surface area (Å²) in [5.41, 5.74) is 4.26. The van der Waals surface area contributed by atoms with Crippen molar-refractivity contribution in [2.75, 3.05) is 13.2 Å². The molecule has 184 valence electrons. The van der Waals surface area contributed by atoms with Crippen LogP contribution in [0.5, 0.6) is 11.5 Å². The first-order valence-electron chi connectivity index (χ1n) is 11.5. The van der Waals surface area contributed by atoms with Crippen molar-refractivity contribution in [3.63, 3.8) is 0 Å². The van der Waals surface area contributed by atoms with Gasteiger partial charge in [0.25, 0.3) is 11.8 Å². The van der Waals surface area contributed by atoms with Crippen molar-refractivity contribution >= 4 is 34.0 Å². The van der Waals surface area contributed by atoms with Gasteiger partial charge in [-0.1, -0.05) is 45.4 Å².